The number of phenolic OH excluding ortho intramolecular Hbond substituents is 1. The van der Waals surface area contributed by atoms with Gasteiger partial charge in [-0.2, -0.15) is 13.2 Å². The van der Waals surface area contributed by atoms with Crippen molar-refractivity contribution in [1.29, 1.82) is 0 Å². The second-order valence-corrected chi connectivity index (χ2v) is 7.88. The number of halogens is 3. The lowest BCUT2D eigenvalue weighted by Crippen LogP contribution is -2.23. The fraction of sp³-hybridized carbons (Fsp3) is 0.0526. The summed E-state index contributed by atoms with van der Waals surface area (Å²) in [5.41, 5.74) is -5.54. The molecular formula is C19H12F3NO3S. The van der Waals surface area contributed by atoms with Crippen LogP contribution in [0, 0.1) is 0 Å². The third-order valence-corrected chi connectivity index (χ3v) is 5.96. The zero-order valence-electron chi connectivity index (χ0n) is 13.6. The second kappa shape index (κ2) is 5.75. The molecule has 27 heavy (non-hydrogen) atoms. The number of benzene rings is 3. The van der Waals surface area contributed by atoms with Crippen LogP contribution in [0.3, 0.4) is 0 Å². The number of alkyl halides is 3. The first kappa shape index (κ1) is 17.4. The van der Waals surface area contributed by atoms with Gasteiger partial charge < -0.3 is 10.1 Å². The van der Waals surface area contributed by atoms with Crippen LogP contribution in [0.25, 0.3) is 32.9 Å². The van der Waals surface area contributed by atoms with Crippen molar-refractivity contribution in [3.63, 3.8) is 0 Å². The second-order valence-electron chi connectivity index (χ2n) is 6.00. The van der Waals surface area contributed by atoms with Crippen molar-refractivity contribution in [2.75, 3.05) is 0 Å². The van der Waals surface area contributed by atoms with Crippen LogP contribution in [-0.4, -0.2) is 24.0 Å². The molecule has 4 rings (SSSR count). The molecule has 4 nitrogen and oxygen atoms in total. The fourth-order valence-electron chi connectivity index (χ4n) is 3.21. The van der Waals surface area contributed by atoms with Crippen molar-refractivity contribution < 1.29 is 26.7 Å². The number of aromatic nitrogens is 1. The molecule has 0 amide bonds. The van der Waals surface area contributed by atoms with Crippen molar-refractivity contribution in [3.8, 4) is 17.0 Å². The van der Waals surface area contributed by atoms with Gasteiger partial charge in [-0.05, 0) is 22.9 Å². The number of rotatable bonds is 2. The average molecular weight is 391 g/mol. The molecule has 0 unspecified atom stereocenters. The summed E-state index contributed by atoms with van der Waals surface area (Å²) in [6.45, 7) is 0. The predicted octanol–water partition coefficient (Wildman–Crippen LogP) is 4.99. The minimum Gasteiger partial charge on any atom is -0.507 e. The number of fused-ring (bicyclic) bond motifs is 2. The van der Waals surface area contributed by atoms with Crippen LogP contribution in [0.1, 0.15) is 0 Å². The Labute approximate surface area is 151 Å². The van der Waals surface area contributed by atoms with Crippen LogP contribution in [0.2, 0.25) is 0 Å². The molecule has 0 saturated carbocycles. The molecule has 0 fully saturated rings. The van der Waals surface area contributed by atoms with Crippen LogP contribution in [0.5, 0.6) is 5.75 Å². The summed E-state index contributed by atoms with van der Waals surface area (Å²) < 4.78 is 64.8. The van der Waals surface area contributed by atoms with E-state index in [2.05, 4.69) is 4.98 Å². The number of H-pyrrole nitrogens is 1. The van der Waals surface area contributed by atoms with E-state index < -0.39 is 20.2 Å². The highest BCUT2D eigenvalue weighted by Crippen LogP contribution is 2.45. The first-order valence-electron chi connectivity index (χ1n) is 7.85. The van der Waals surface area contributed by atoms with Crippen molar-refractivity contribution in [2.45, 2.75) is 10.4 Å². The number of hydrogen-bond acceptors (Lipinski definition) is 3. The molecule has 8 heteroatoms. The normalized spacial score (nSPS) is 12.7. The van der Waals surface area contributed by atoms with Crippen molar-refractivity contribution in [2.24, 2.45) is 0 Å². The third-order valence-electron chi connectivity index (χ3n) is 4.39. The van der Waals surface area contributed by atoms with Gasteiger partial charge in [0.15, 0.2) is 0 Å². The Bertz CT molecular complexity index is 1290. The number of sulfone groups is 1. The molecule has 1 aromatic heterocycles. The molecule has 0 spiro atoms. The van der Waals surface area contributed by atoms with E-state index in [9.17, 15) is 26.7 Å². The van der Waals surface area contributed by atoms with Gasteiger partial charge in [0.2, 0.25) is 0 Å². The van der Waals surface area contributed by atoms with E-state index in [1.165, 1.54) is 24.3 Å². The Morgan fingerprint density at radius 2 is 1.48 bits per heavy atom. The average Bonchev–Trinajstić information content (AvgIpc) is 3.00. The Kier molecular flexibility index (Phi) is 3.71. The van der Waals surface area contributed by atoms with Crippen LogP contribution < -0.4 is 0 Å². The highest BCUT2D eigenvalue weighted by molar-refractivity contribution is 7.92. The number of hydrogen-bond donors (Lipinski definition) is 2. The topological polar surface area (TPSA) is 70.2 Å². The predicted molar refractivity (Wildman–Crippen MR) is 96.1 cm³/mol. The summed E-state index contributed by atoms with van der Waals surface area (Å²) in [4.78, 5) is 1.86. The van der Waals surface area contributed by atoms with E-state index in [0.29, 0.717) is 10.8 Å². The summed E-state index contributed by atoms with van der Waals surface area (Å²) in [5.74, 6) is -0.320. The Hall–Kier alpha value is -3.00. The lowest BCUT2D eigenvalue weighted by Gasteiger charge is -2.12. The number of aromatic amines is 1. The monoisotopic (exact) mass is 391 g/mol. The zero-order chi connectivity index (χ0) is 19.4. The van der Waals surface area contributed by atoms with Gasteiger partial charge in [0.05, 0.1) is 5.69 Å². The molecule has 0 bridgehead atoms. The smallest absolute Gasteiger partial charge is 0.502 e. The van der Waals surface area contributed by atoms with Gasteiger partial charge in [0, 0.05) is 16.5 Å². The number of para-hydroxylation sites is 1. The SMILES string of the molecule is O=S(=O)(c1c(-c2c(O)ccc3ccccc23)[nH]c2ccccc12)C(F)(F)F. The van der Waals surface area contributed by atoms with Crippen molar-refractivity contribution in [1.82, 2.24) is 4.98 Å². The number of nitrogens with one attached hydrogen (secondary N) is 1. The molecular weight excluding hydrogens is 379 g/mol. The van der Waals surface area contributed by atoms with Crippen LogP contribution in [0.15, 0.2) is 65.6 Å². The van der Waals surface area contributed by atoms with Gasteiger partial charge in [0.25, 0.3) is 9.84 Å². The van der Waals surface area contributed by atoms with Crippen LogP contribution in [-0.2, 0) is 9.84 Å². The highest BCUT2D eigenvalue weighted by Gasteiger charge is 2.49. The Balaban J connectivity index is 2.20. The van der Waals surface area contributed by atoms with Crippen molar-refractivity contribution in [3.05, 3.63) is 60.7 Å². The fourth-order valence-corrected chi connectivity index (χ4v) is 4.33. The zero-order valence-corrected chi connectivity index (χ0v) is 14.4. The van der Waals surface area contributed by atoms with Gasteiger partial charge in [-0.25, -0.2) is 8.42 Å². The molecule has 0 aliphatic carbocycles. The summed E-state index contributed by atoms with van der Waals surface area (Å²) in [5, 5.41) is 11.4. The van der Waals surface area contributed by atoms with E-state index in [0.717, 1.165) is 0 Å². The molecule has 0 aliphatic heterocycles. The Morgan fingerprint density at radius 3 is 2.19 bits per heavy atom. The van der Waals surface area contributed by atoms with Gasteiger partial charge >= 0.3 is 5.51 Å². The first-order chi connectivity index (χ1) is 12.7. The van der Waals surface area contributed by atoms with E-state index in [4.69, 9.17) is 0 Å². The summed E-state index contributed by atoms with van der Waals surface area (Å²) >= 11 is 0. The maximum absolute atomic E-state index is 13.4. The number of phenols is 1. The van der Waals surface area contributed by atoms with Crippen molar-refractivity contribution >= 4 is 31.5 Å². The quantitative estimate of drug-likeness (QED) is 0.506. The molecule has 0 radical (unpaired) electrons. The molecule has 4 aromatic rings. The minimum absolute atomic E-state index is 0.00660. The molecule has 0 saturated heterocycles. The number of aromatic hydroxyl groups is 1. The van der Waals surface area contributed by atoms with Gasteiger partial charge in [-0.15, -0.1) is 0 Å². The summed E-state index contributed by atoms with van der Waals surface area (Å²) in [6.07, 6.45) is 0. The molecule has 0 aliphatic rings. The molecule has 138 valence electrons. The van der Waals surface area contributed by atoms with E-state index in [-0.39, 0.29) is 27.9 Å². The largest absolute Gasteiger partial charge is 0.507 e. The molecule has 2 N–H and O–H groups in total. The third kappa shape index (κ3) is 2.56. The van der Waals surface area contributed by atoms with Gasteiger partial charge in [0.1, 0.15) is 10.6 Å². The first-order valence-corrected chi connectivity index (χ1v) is 9.33. The molecule has 0 atom stereocenters. The molecule has 3 aromatic carbocycles. The van der Waals surface area contributed by atoms with Crippen LogP contribution >= 0.6 is 0 Å². The summed E-state index contributed by atoms with van der Waals surface area (Å²) in [7, 11) is -5.67. The van der Waals surface area contributed by atoms with E-state index in [1.54, 1.807) is 36.4 Å². The standard InChI is InChI=1S/C19H12F3NO3S/c20-19(21,22)27(25,26)18-13-7-3-4-8-14(13)23-17(18)16-12-6-2-1-5-11(12)9-10-15(16)24/h1-10,23-24H. The highest BCUT2D eigenvalue weighted by atomic mass is 32.2. The van der Waals surface area contributed by atoms with E-state index in [1.807, 2.05) is 0 Å². The van der Waals surface area contributed by atoms with Crippen LogP contribution in [0.4, 0.5) is 13.2 Å². The minimum atomic E-state index is -5.67. The van der Waals surface area contributed by atoms with Gasteiger partial charge in [-0.3, -0.25) is 0 Å². The maximum atomic E-state index is 13.4. The maximum Gasteiger partial charge on any atom is 0.502 e. The van der Waals surface area contributed by atoms with E-state index >= 15 is 0 Å². The summed E-state index contributed by atoms with van der Waals surface area (Å²) in [6, 6.07) is 15.5. The lowest BCUT2D eigenvalue weighted by molar-refractivity contribution is -0.0435. The molecule has 1 heterocycles. The lowest BCUT2D eigenvalue weighted by atomic mass is 10.0. The van der Waals surface area contributed by atoms with Gasteiger partial charge in [-0.1, -0.05) is 48.5 Å². The Morgan fingerprint density at radius 1 is 0.852 bits per heavy atom.